The second kappa shape index (κ2) is 7.88. The minimum Gasteiger partial charge on any atom is -0.375 e. The zero-order valence-corrected chi connectivity index (χ0v) is 13.8. The number of methoxy groups -OCH3 is 1. The van der Waals surface area contributed by atoms with Gasteiger partial charge in [0.1, 0.15) is 18.2 Å². The van der Waals surface area contributed by atoms with Crippen molar-refractivity contribution in [3.8, 4) is 0 Å². The number of piperidine rings is 1. The van der Waals surface area contributed by atoms with E-state index in [0.29, 0.717) is 5.92 Å². The maximum Gasteiger partial charge on any atom is 0.248 e. The van der Waals surface area contributed by atoms with E-state index in [1.54, 1.807) is 13.3 Å². The van der Waals surface area contributed by atoms with Crippen LogP contribution in [0.4, 0.5) is 11.6 Å². The number of amides is 1. The third-order valence-electron chi connectivity index (χ3n) is 4.23. The normalized spacial score (nSPS) is 15.3. The van der Waals surface area contributed by atoms with Crippen LogP contribution in [0.5, 0.6) is 0 Å². The van der Waals surface area contributed by atoms with Gasteiger partial charge in [0.25, 0.3) is 0 Å². The molecule has 6 nitrogen and oxygen atoms in total. The molecule has 126 valence electrons. The number of nitrogens with one attached hydrogen (secondary N) is 1. The molecular formula is C18H22N4O2. The molecule has 0 unspecified atom stereocenters. The van der Waals surface area contributed by atoms with Crippen LogP contribution in [0, 0.1) is 0 Å². The van der Waals surface area contributed by atoms with Gasteiger partial charge >= 0.3 is 0 Å². The van der Waals surface area contributed by atoms with Gasteiger partial charge in [-0.2, -0.15) is 0 Å². The lowest BCUT2D eigenvalue weighted by molar-refractivity contribution is -0.136. The van der Waals surface area contributed by atoms with Gasteiger partial charge in [-0.3, -0.25) is 4.79 Å². The van der Waals surface area contributed by atoms with E-state index < -0.39 is 0 Å². The number of ether oxygens (including phenoxy) is 1. The van der Waals surface area contributed by atoms with E-state index >= 15 is 0 Å². The average Bonchev–Trinajstić information content (AvgIpc) is 2.63. The molecule has 1 aliphatic heterocycles. The molecule has 0 saturated carbocycles. The summed E-state index contributed by atoms with van der Waals surface area (Å²) in [4.78, 5) is 22.7. The van der Waals surface area contributed by atoms with Crippen molar-refractivity contribution in [1.82, 2.24) is 14.9 Å². The number of carbonyl (C=O) groups is 1. The van der Waals surface area contributed by atoms with Crippen LogP contribution in [0.25, 0.3) is 0 Å². The number of anilines is 2. The van der Waals surface area contributed by atoms with Crippen molar-refractivity contribution in [3.05, 3.63) is 48.3 Å². The van der Waals surface area contributed by atoms with Crippen LogP contribution in [-0.4, -0.2) is 47.6 Å². The molecule has 1 aliphatic rings. The molecule has 3 rings (SSSR count). The molecule has 0 bridgehead atoms. The second-order valence-electron chi connectivity index (χ2n) is 5.88. The molecule has 0 spiro atoms. The summed E-state index contributed by atoms with van der Waals surface area (Å²) < 4.78 is 4.92. The van der Waals surface area contributed by atoms with Gasteiger partial charge in [0.05, 0.1) is 0 Å². The summed E-state index contributed by atoms with van der Waals surface area (Å²) in [6.07, 6.45) is 3.60. The first-order valence-electron chi connectivity index (χ1n) is 8.18. The van der Waals surface area contributed by atoms with Crippen molar-refractivity contribution in [3.63, 3.8) is 0 Å². The van der Waals surface area contributed by atoms with Gasteiger partial charge in [0, 0.05) is 38.0 Å². The molecular weight excluding hydrogens is 304 g/mol. The molecule has 0 aliphatic carbocycles. The highest BCUT2D eigenvalue weighted by Gasteiger charge is 2.24. The van der Waals surface area contributed by atoms with E-state index in [-0.39, 0.29) is 12.5 Å². The van der Waals surface area contributed by atoms with Crippen LogP contribution in [-0.2, 0) is 9.53 Å². The summed E-state index contributed by atoms with van der Waals surface area (Å²) >= 11 is 0. The Balaban J connectivity index is 1.62. The van der Waals surface area contributed by atoms with Crippen molar-refractivity contribution < 1.29 is 9.53 Å². The molecule has 1 fully saturated rings. The SMILES string of the molecule is COCC(=O)N1CCC(c2cccc(Nc3ccccn3)n2)CC1. The fraction of sp³-hybridized carbons (Fsp3) is 0.389. The maximum atomic E-state index is 11.9. The number of pyridine rings is 2. The van der Waals surface area contributed by atoms with Gasteiger partial charge in [0.2, 0.25) is 5.91 Å². The quantitative estimate of drug-likeness (QED) is 0.915. The minimum absolute atomic E-state index is 0.0643. The summed E-state index contributed by atoms with van der Waals surface area (Å²) in [6.45, 7) is 1.67. The Morgan fingerprint density at radius 1 is 1.21 bits per heavy atom. The molecule has 24 heavy (non-hydrogen) atoms. The molecule has 6 heteroatoms. The molecule has 2 aromatic heterocycles. The standard InChI is InChI=1S/C18H22N4O2/c1-24-13-18(23)22-11-8-14(9-12-22)15-5-4-7-17(20-15)21-16-6-2-3-10-19-16/h2-7,10,14H,8-9,11-13H2,1H3,(H,19,20,21). The highest BCUT2D eigenvalue weighted by molar-refractivity contribution is 5.77. The van der Waals surface area contributed by atoms with Gasteiger partial charge in [-0.05, 0) is 37.1 Å². The lowest BCUT2D eigenvalue weighted by Gasteiger charge is -2.31. The molecule has 3 heterocycles. The lowest BCUT2D eigenvalue weighted by atomic mass is 9.93. The summed E-state index contributed by atoms with van der Waals surface area (Å²) in [5.74, 6) is 2.02. The maximum absolute atomic E-state index is 11.9. The van der Waals surface area contributed by atoms with E-state index in [4.69, 9.17) is 9.72 Å². The summed E-state index contributed by atoms with van der Waals surface area (Å²) in [5, 5.41) is 3.22. The zero-order chi connectivity index (χ0) is 16.8. The van der Waals surface area contributed by atoms with Gasteiger partial charge < -0.3 is 15.0 Å². The van der Waals surface area contributed by atoms with Crippen molar-refractivity contribution in [2.45, 2.75) is 18.8 Å². The number of carbonyl (C=O) groups excluding carboxylic acids is 1. The molecule has 0 atom stereocenters. The Labute approximate surface area is 141 Å². The highest BCUT2D eigenvalue weighted by Crippen LogP contribution is 2.27. The Hall–Kier alpha value is -2.47. The number of likely N-dealkylation sites (tertiary alicyclic amines) is 1. The average molecular weight is 326 g/mol. The number of hydrogen-bond donors (Lipinski definition) is 1. The topological polar surface area (TPSA) is 67.3 Å². The summed E-state index contributed by atoms with van der Waals surface area (Å²) in [6, 6.07) is 11.7. The molecule has 2 aromatic rings. The van der Waals surface area contributed by atoms with E-state index in [0.717, 1.165) is 43.3 Å². The van der Waals surface area contributed by atoms with Crippen LogP contribution < -0.4 is 5.32 Å². The first-order chi connectivity index (χ1) is 11.8. The zero-order valence-electron chi connectivity index (χ0n) is 13.8. The molecule has 1 saturated heterocycles. The minimum atomic E-state index is 0.0643. The van der Waals surface area contributed by atoms with Crippen molar-refractivity contribution in [2.75, 3.05) is 32.1 Å². The van der Waals surface area contributed by atoms with Crippen molar-refractivity contribution in [2.24, 2.45) is 0 Å². The van der Waals surface area contributed by atoms with E-state index in [9.17, 15) is 4.79 Å². The van der Waals surface area contributed by atoms with E-state index in [2.05, 4.69) is 16.4 Å². The predicted molar refractivity (Wildman–Crippen MR) is 92.2 cm³/mol. The van der Waals surface area contributed by atoms with Crippen molar-refractivity contribution >= 4 is 17.5 Å². The first-order valence-corrected chi connectivity index (χ1v) is 8.18. The number of hydrogen-bond acceptors (Lipinski definition) is 5. The van der Waals surface area contributed by atoms with Crippen LogP contribution in [0.1, 0.15) is 24.5 Å². The largest absolute Gasteiger partial charge is 0.375 e. The van der Waals surface area contributed by atoms with Crippen molar-refractivity contribution in [1.29, 1.82) is 0 Å². The van der Waals surface area contributed by atoms with Gasteiger partial charge in [-0.15, -0.1) is 0 Å². The lowest BCUT2D eigenvalue weighted by Crippen LogP contribution is -2.39. The third kappa shape index (κ3) is 4.08. The van der Waals surface area contributed by atoms with Crippen LogP contribution >= 0.6 is 0 Å². The number of rotatable bonds is 5. The third-order valence-corrected chi connectivity index (χ3v) is 4.23. The second-order valence-corrected chi connectivity index (χ2v) is 5.88. The molecule has 0 aromatic carbocycles. The Morgan fingerprint density at radius 2 is 2.00 bits per heavy atom. The van der Waals surface area contributed by atoms with Gasteiger partial charge in [0.15, 0.2) is 0 Å². The van der Waals surface area contributed by atoms with Crippen LogP contribution in [0.2, 0.25) is 0 Å². The first kappa shape index (κ1) is 16.4. The Kier molecular flexibility index (Phi) is 5.38. The Bertz CT molecular complexity index is 670. The Morgan fingerprint density at radius 3 is 2.71 bits per heavy atom. The smallest absolute Gasteiger partial charge is 0.248 e. The molecule has 1 amide bonds. The molecule has 0 radical (unpaired) electrons. The predicted octanol–water partition coefficient (Wildman–Crippen LogP) is 2.57. The summed E-state index contributed by atoms with van der Waals surface area (Å²) in [5.41, 5.74) is 1.06. The highest BCUT2D eigenvalue weighted by atomic mass is 16.5. The van der Waals surface area contributed by atoms with Crippen LogP contribution in [0.15, 0.2) is 42.6 Å². The fourth-order valence-electron chi connectivity index (χ4n) is 2.96. The molecule has 1 N–H and O–H groups in total. The van der Waals surface area contributed by atoms with E-state index in [1.807, 2.05) is 35.2 Å². The number of nitrogens with zero attached hydrogens (tertiary/aromatic N) is 3. The van der Waals surface area contributed by atoms with Gasteiger partial charge in [-0.1, -0.05) is 12.1 Å². The summed E-state index contributed by atoms with van der Waals surface area (Å²) in [7, 11) is 1.55. The fourth-order valence-corrected chi connectivity index (χ4v) is 2.96. The monoisotopic (exact) mass is 326 g/mol. The number of aromatic nitrogens is 2. The van der Waals surface area contributed by atoms with Gasteiger partial charge in [-0.25, -0.2) is 9.97 Å². The van der Waals surface area contributed by atoms with E-state index in [1.165, 1.54) is 0 Å². The van der Waals surface area contributed by atoms with Crippen LogP contribution in [0.3, 0.4) is 0 Å².